The molecule has 0 saturated heterocycles. The van der Waals surface area contributed by atoms with Crippen LogP contribution in [-0.2, 0) is 0 Å². The standard InChI is InChI=1S/C20H13BO2S/c22-21(23)17-11-13-6-2-3-7-14(13)18-16-10-9-12-5-1-4-8-15(12)19(16)24-20(17)18/h1-11,22-23H. The summed E-state index contributed by atoms with van der Waals surface area (Å²) in [4.78, 5) is 0. The first-order chi connectivity index (χ1) is 11.7. The highest BCUT2D eigenvalue weighted by Gasteiger charge is 2.20. The zero-order chi connectivity index (χ0) is 16.3. The lowest BCUT2D eigenvalue weighted by Crippen LogP contribution is -2.29. The van der Waals surface area contributed by atoms with Gasteiger partial charge in [0.25, 0.3) is 0 Å². The molecule has 114 valence electrons. The van der Waals surface area contributed by atoms with Gasteiger partial charge in [0.05, 0.1) is 0 Å². The van der Waals surface area contributed by atoms with Crippen molar-refractivity contribution in [2.45, 2.75) is 0 Å². The van der Waals surface area contributed by atoms with Crippen LogP contribution < -0.4 is 5.46 Å². The van der Waals surface area contributed by atoms with Crippen molar-refractivity contribution in [2.75, 3.05) is 0 Å². The van der Waals surface area contributed by atoms with Crippen LogP contribution in [0.3, 0.4) is 0 Å². The van der Waals surface area contributed by atoms with Crippen molar-refractivity contribution in [3.8, 4) is 0 Å². The number of fused-ring (bicyclic) bond motifs is 7. The molecule has 4 aromatic carbocycles. The van der Waals surface area contributed by atoms with Gasteiger partial charge in [-0.15, -0.1) is 11.3 Å². The topological polar surface area (TPSA) is 40.5 Å². The summed E-state index contributed by atoms with van der Waals surface area (Å²) in [6, 6.07) is 22.6. The molecule has 0 unspecified atom stereocenters. The molecule has 5 aromatic rings. The van der Waals surface area contributed by atoms with E-state index in [4.69, 9.17) is 0 Å². The average Bonchev–Trinajstić information content (AvgIpc) is 3.01. The lowest BCUT2D eigenvalue weighted by atomic mass is 9.78. The maximum atomic E-state index is 9.88. The second-order valence-electron chi connectivity index (χ2n) is 6.03. The van der Waals surface area contributed by atoms with Crippen LogP contribution in [0.5, 0.6) is 0 Å². The Morgan fingerprint density at radius 3 is 2.17 bits per heavy atom. The van der Waals surface area contributed by atoms with Crippen LogP contribution in [0.2, 0.25) is 0 Å². The van der Waals surface area contributed by atoms with Gasteiger partial charge < -0.3 is 10.0 Å². The Kier molecular flexibility index (Phi) is 2.94. The first-order valence-corrected chi connectivity index (χ1v) is 8.67. The molecule has 2 N–H and O–H groups in total. The molecule has 0 spiro atoms. The van der Waals surface area contributed by atoms with Gasteiger partial charge in [-0.3, -0.25) is 0 Å². The molecule has 2 nitrogen and oxygen atoms in total. The molecule has 0 aliphatic heterocycles. The average molecular weight is 328 g/mol. The molecule has 0 fully saturated rings. The van der Waals surface area contributed by atoms with E-state index in [9.17, 15) is 10.0 Å². The zero-order valence-corrected chi connectivity index (χ0v) is 13.5. The molecule has 0 atom stereocenters. The molecule has 0 aliphatic carbocycles. The summed E-state index contributed by atoms with van der Waals surface area (Å²) in [5.74, 6) is 0. The third-order valence-corrected chi connectivity index (χ3v) is 5.95. The van der Waals surface area contributed by atoms with Crippen molar-refractivity contribution in [1.29, 1.82) is 0 Å². The smallest absolute Gasteiger partial charge is 0.423 e. The van der Waals surface area contributed by atoms with Crippen LogP contribution in [0.4, 0.5) is 0 Å². The van der Waals surface area contributed by atoms with Gasteiger partial charge in [-0.1, -0.05) is 66.7 Å². The molecule has 4 heteroatoms. The Balaban J connectivity index is 2.10. The Morgan fingerprint density at radius 2 is 1.38 bits per heavy atom. The number of benzene rings is 4. The molecule has 1 aromatic heterocycles. The highest BCUT2D eigenvalue weighted by atomic mass is 32.1. The van der Waals surface area contributed by atoms with Crippen LogP contribution in [0, 0.1) is 0 Å². The Morgan fingerprint density at radius 1 is 0.667 bits per heavy atom. The van der Waals surface area contributed by atoms with Crippen LogP contribution in [-0.4, -0.2) is 17.2 Å². The van der Waals surface area contributed by atoms with E-state index in [-0.39, 0.29) is 0 Å². The lowest BCUT2D eigenvalue weighted by Gasteiger charge is -2.06. The Bertz CT molecular complexity index is 1240. The largest absolute Gasteiger partial charge is 0.489 e. The molecular weight excluding hydrogens is 315 g/mol. The van der Waals surface area contributed by atoms with E-state index in [0.717, 1.165) is 20.9 Å². The molecule has 5 rings (SSSR count). The first kappa shape index (κ1) is 14.0. The predicted octanol–water partition coefficient (Wildman–Crippen LogP) is 4.04. The summed E-state index contributed by atoms with van der Waals surface area (Å²) in [5.41, 5.74) is 0.578. The van der Waals surface area contributed by atoms with Gasteiger partial charge >= 0.3 is 7.12 Å². The molecule has 0 radical (unpaired) electrons. The molecular formula is C20H13BO2S. The van der Waals surface area contributed by atoms with E-state index in [1.54, 1.807) is 11.3 Å². The minimum Gasteiger partial charge on any atom is -0.423 e. The van der Waals surface area contributed by atoms with Gasteiger partial charge in [0.2, 0.25) is 0 Å². The van der Waals surface area contributed by atoms with Gasteiger partial charge in [-0.2, -0.15) is 0 Å². The number of thiophene rings is 1. The SMILES string of the molecule is OB(O)c1cc2ccccc2c2c1sc1c3ccccc3ccc12. The Labute approximate surface area is 142 Å². The van der Waals surface area contributed by atoms with Crippen LogP contribution in [0.1, 0.15) is 0 Å². The predicted molar refractivity (Wildman–Crippen MR) is 104 cm³/mol. The van der Waals surface area contributed by atoms with E-state index in [0.29, 0.717) is 5.46 Å². The molecule has 1 heterocycles. The van der Waals surface area contributed by atoms with E-state index in [1.807, 2.05) is 36.4 Å². The third kappa shape index (κ3) is 1.85. The van der Waals surface area contributed by atoms with Crippen molar-refractivity contribution in [3.05, 3.63) is 66.7 Å². The quantitative estimate of drug-likeness (QED) is 0.456. The number of hydrogen-bond donors (Lipinski definition) is 2. The maximum absolute atomic E-state index is 9.88. The molecule has 0 bridgehead atoms. The van der Waals surface area contributed by atoms with Crippen LogP contribution in [0.15, 0.2) is 66.7 Å². The molecule has 0 aliphatic rings. The summed E-state index contributed by atoms with van der Waals surface area (Å²) < 4.78 is 2.15. The normalized spacial score (nSPS) is 11.8. The minimum atomic E-state index is -1.48. The third-order valence-electron chi connectivity index (χ3n) is 4.66. The molecule has 24 heavy (non-hydrogen) atoms. The second kappa shape index (κ2) is 5.05. The van der Waals surface area contributed by atoms with Gasteiger partial charge in [0.1, 0.15) is 0 Å². The second-order valence-corrected chi connectivity index (χ2v) is 7.05. The van der Waals surface area contributed by atoms with E-state index >= 15 is 0 Å². The van der Waals surface area contributed by atoms with Crippen molar-refractivity contribution < 1.29 is 10.0 Å². The van der Waals surface area contributed by atoms with E-state index < -0.39 is 7.12 Å². The highest BCUT2D eigenvalue weighted by molar-refractivity contribution is 7.28. The van der Waals surface area contributed by atoms with Gasteiger partial charge in [-0.05, 0) is 21.5 Å². The lowest BCUT2D eigenvalue weighted by molar-refractivity contribution is 0.426. The van der Waals surface area contributed by atoms with E-state index in [1.165, 1.54) is 20.9 Å². The van der Waals surface area contributed by atoms with Crippen molar-refractivity contribution in [2.24, 2.45) is 0 Å². The molecule has 0 saturated carbocycles. The maximum Gasteiger partial charge on any atom is 0.489 e. The summed E-state index contributed by atoms with van der Waals surface area (Å²) >= 11 is 1.64. The van der Waals surface area contributed by atoms with Gasteiger partial charge in [0.15, 0.2) is 0 Å². The fourth-order valence-electron chi connectivity index (χ4n) is 3.57. The number of rotatable bonds is 1. The summed E-state index contributed by atoms with van der Waals surface area (Å²) in [6.45, 7) is 0. The van der Waals surface area contributed by atoms with Gasteiger partial charge in [-0.25, -0.2) is 0 Å². The van der Waals surface area contributed by atoms with Gasteiger partial charge in [0, 0.05) is 25.6 Å². The van der Waals surface area contributed by atoms with Crippen molar-refractivity contribution in [3.63, 3.8) is 0 Å². The molecule has 0 amide bonds. The first-order valence-electron chi connectivity index (χ1n) is 7.86. The summed E-state index contributed by atoms with van der Waals surface area (Å²) in [6.07, 6.45) is 0. The summed E-state index contributed by atoms with van der Waals surface area (Å²) in [7, 11) is -1.48. The van der Waals surface area contributed by atoms with E-state index in [2.05, 4.69) is 30.3 Å². The van der Waals surface area contributed by atoms with Crippen molar-refractivity contribution >= 4 is 65.6 Å². The summed E-state index contributed by atoms with van der Waals surface area (Å²) in [5, 5.41) is 26.6. The fourth-order valence-corrected chi connectivity index (χ4v) is 4.96. The van der Waals surface area contributed by atoms with Crippen molar-refractivity contribution in [1.82, 2.24) is 0 Å². The Hall–Kier alpha value is -2.40. The van der Waals surface area contributed by atoms with Crippen LogP contribution >= 0.6 is 11.3 Å². The monoisotopic (exact) mass is 328 g/mol. The highest BCUT2D eigenvalue weighted by Crippen LogP contribution is 2.40. The zero-order valence-electron chi connectivity index (χ0n) is 12.7. The van der Waals surface area contributed by atoms with Crippen LogP contribution in [0.25, 0.3) is 41.7 Å². The number of hydrogen-bond acceptors (Lipinski definition) is 3. The fraction of sp³-hybridized carbons (Fsp3) is 0. The minimum absolute atomic E-state index is 0.578.